The number of nitrogens with zero attached hydrogens (tertiary/aromatic N) is 1. The topological polar surface area (TPSA) is 100 Å². The molecule has 0 fully saturated rings. The van der Waals surface area contributed by atoms with Crippen LogP contribution in [0.15, 0.2) is 46.0 Å². The zero-order valence-corrected chi connectivity index (χ0v) is 14.3. The van der Waals surface area contributed by atoms with Gasteiger partial charge in [0.05, 0.1) is 13.3 Å². The average molecular weight is 395 g/mol. The zero-order valence-electron chi connectivity index (χ0n) is 12.7. The molecular weight excluding hydrogens is 380 g/mol. The highest BCUT2D eigenvalue weighted by Crippen LogP contribution is 2.30. The summed E-state index contributed by atoms with van der Waals surface area (Å²) >= 11 is 3.31. The molecule has 1 amide bonds. The summed E-state index contributed by atoms with van der Waals surface area (Å²) in [4.78, 5) is 11.7. The molecule has 2 aromatic carbocycles. The van der Waals surface area contributed by atoms with Gasteiger partial charge in [0.1, 0.15) is 11.5 Å². The number of hydrazone groups is 1. The van der Waals surface area contributed by atoms with Crippen LogP contribution in [0.5, 0.6) is 23.0 Å². The summed E-state index contributed by atoms with van der Waals surface area (Å²) in [5.74, 6) is 0.231. The Bertz CT molecular complexity index is 764. The molecule has 0 heterocycles. The average Bonchev–Trinajstić information content (AvgIpc) is 2.55. The van der Waals surface area contributed by atoms with Crippen LogP contribution >= 0.6 is 15.9 Å². The second kappa shape index (κ2) is 8.21. The van der Waals surface area contributed by atoms with Crippen LogP contribution in [0.3, 0.4) is 0 Å². The summed E-state index contributed by atoms with van der Waals surface area (Å²) < 4.78 is 11.4. The van der Waals surface area contributed by atoms with Gasteiger partial charge in [-0.05, 0) is 30.3 Å². The van der Waals surface area contributed by atoms with Crippen molar-refractivity contribution in [3.8, 4) is 23.0 Å². The third-order valence-electron chi connectivity index (χ3n) is 2.89. The summed E-state index contributed by atoms with van der Waals surface area (Å²) in [6, 6.07) is 9.19. The lowest BCUT2D eigenvalue weighted by Crippen LogP contribution is -2.24. The number of halogens is 1. The van der Waals surface area contributed by atoms with E-state index in [9.17, 15) is 15.0 Å². The fourth-order valence-corrected chi connectivity index (χ4v) is 2.09. The minimum Gasteiger partial charge on any atom is -0.508 e. The maximum Gasteiger partial charge on any atom is 0.277 e. The molecule has 0 aliphatic rings. The maximum absolute atomic E-state index is 11.7. The Kier molecular flexibility index (Phi) is 6.02. The van der Waals surface area contributed by atoms with Crippen molar-refractivity contribution in [1.82, 2.24) is 5.43 Å². The number of aromatic hydroxyl groups is 2. The van der Waals surface area contributed by atoms with Crippen LogP contribution in [0, 0.1) is 0 Å². The van der Waals surface area contributed by atoms with Gasteiger partial charge in [0.2, 0.25) is 0 Å². The minimum atomic E-state index is -0.477. The van der Waals surface area contributed by atoms with Gasteiger partial charge in [0.25, 0.3) is 5.91 Å². The number of carbonyl (C=O) groups excluding carboxylic acids is 1. The van der Waals surface area contributed by atoms with E-state index in [-0.39, 0.29) is 18.1 Å². The Balaban J connectivity index is 1.88. The van der Waals surface area contributed by atoms with Crippen LogP contribution in [0.25, 0.3) is 0 Å². The van der Waals surface area contributed by atoms with Crippen molar-refractivity contribution in [2.75, 3.05) is 13.7 Å². The Hall–Kier alpha value is -2.74. The van der Waals surface area contributed by atoms with Crippen molar-refractivity contribution in [2.45, 2.75) is 0 Å². The number of hydrogen-bond acceptors (Lipinski definition) is 6. The molecule has 7 nitrogen and oxygen atoms in total. The Labute approximate surface area is 146 Å². The van der Waals surface area contributed by atoms with E-state index in [0.29, 0.717) is 17.1 Å². The molecule has 0 atom stereocenters. The predicted molar refractivity (Wildman–Crippen MR) is 91.7 cm³/mol. The molecule has 8 heteroatoms. The molecule has 2 aromatic rings. The lowest BCUT2D eigenvalue weighted by atomic mass is 10.2. The van der Waals surface area contributed by atoms with Crippen LogP contribution < -0.4 is 14.9 Å². The number of carbonyl (C=O) groups is 1. The molecule has 2 rings (SSSR count). The third kappa shape index (κ3) is 4.88. The van der Waals surface area contributed by atoms with Crippen molar-refractivity contribution in [1.29, 1.82) is 0 Å². The molecule has 126 valence electrons. The molecule has 0 saturated heterocycles. The highest BCUT2D eigenvalue weighted by Gasteiger charge is 2.07. The summed E-state index contributed by atoms with van der Waals surface area (Å²) in [6.45, 7) is -0.253. The van der Waals surface area contributed by atoms with Gasteiger partial charge >= 0.3 is 0 Å². The standard InChI is InChI=1S/C16H15BrN2O5/c1-23-15-6-11(17)3-5-14(15)24-9-16(22)19-18-8-10-2-4-12(20)7-13(10)21/h2-8,20-21H,9H2,1H3,(H,19,22). The zero-order chi connectivity index (χ0) is 17.5. The van der Waals surface area contributed by atoms with Crippen LogP contribution in [-0.4, -0.2) is 36.1 Å². The first-order valence-electron chi connectivity index (χ1n) is 6.80. The smallest absolute Gasteiger partial charge is 0.277 e. The number of phenolic OH excluding ortho intramolecular Hbond substituents is 2. The summed E-state index contributed by atoms with van der Waals surface area (Å²) in [6.07, 6.45) is 1.26. The van der Waals surface area contributed by atoms with Crippen molar-refractivity contribution in [3.05, 3.63) is 46.4 Å². The highest BCUT2D eigenvalue weighted by atomic mass is 79.9. The molecule has 0 unspecified atom stereocenters. The van der Waals surface area contributed by atoms with Gasteiger partial charge in [-0.3, -0.25) is 4.79 Å². The van der Waals surface area contributed by atoms with Gasteiger partial charge in [0, 0.05) is 16.1 Å². The monoisotopic (exact) mass is 394 g/mol. The van der Waals surface area contributed by atoms with E-state index < -0.39 is 5.91 Å². The number of rotatable bonds is 6. The summed E-state index contributed by atoms with van der Waals surface area (Å²) in [5, 5.41) is 22.5. The van der Waals surface area contributed by atoms with Crippen LogP contribution in [-0.2, 0) is 4.79 Å². The summed E-state index contributed by atoms with van der Waals surface area (Å²) in [5.41, 5.74) is 2.62. The summed E-state index contributed by atoms with van der Waals surface area (Å²) in [7, 11) is 1.50. The van der Waals surface area contributed by atoms with Gasteiger partial charge in [-0.25, -0.2) is 5.43 Å². The third-order valence-corrected chi connectivity index (χ3v) is 3.38. The fourth-order valence-electron chi connectivity index (χ4n) is 1.75. The molecule has 0 aliphatic carbocycles. The van der Waals surface area contributed by atoms with Gasteiger partial charge in [-0.2, -0.15) is 5.10 Å². The maximum atomic E-state index is 11.7. The number of benzene rings is 2. The van der Waals surface area contributed by atoms with E-state index in [1.165, 1.54) is 31.5 Å². The SMILES string of the molecule is COc1cc(Br)ccc1OCC(=O)NN=Cc1ccc(O)cc1O. The molecule has 24 heavy (non-hydrogen) atoms. The number of hydrogen-bond donors (Lipinski definition) is 3. The van der Waals surface area contributed by atoms with Crippen LogP contribution in [0.4, 0.5) is 0 Å². The molecule has 0 aliphatic heterocycles. The van der Waals surface area contributed by atoms with Gasteiger partial charge in [0.15, 0.2) is 18.1 Å². The molecule has 0 bridgehead atoms. The molecule has 0 spiro atoms. The second-order valence-electron chi connectivity index (χ2n) is 4.62. The van der Waals surface area contributed by atoms with Gasteiger partial charge in [-0.1, -0.05) is 15.9 Å². The first-order chi connectivity index (χ1) is 11.5. The Morgan fingerprint density at radius 1 is 1.25 bits per heavy atom. The number of amides is 1. The normalized spacial score (nSPS) is 10.6. The van der Waals surface area contributed by atoms with Gasteiger partial charge < -0.3 is 19.7 Å². The lowest BCUT2D eigenvalue weighted by molar-refractivity contribution is -0.123. The number of methoxy groups -OCH3 is 1. The number of phenols is 2. The Morgan fingerprint density at radius 3 is 2.75 bits per heavy atom. The van der Waals surface area contributed by atoms with E-state index in [2.05, 4.69) is 26.5 Å². The van der Waals surface area contributed by atoms with E-state index in [1.54, 1.807) is 18.2 Å². The molecule has 0 aromatic heterocycles. The van der Waals surface area contributed by atoms with Crippen LogP contribution in [0.1, 0.15) is 5.56 Å². The highest BCUT2D eigenvalue weighted by molar-refractivity contribution is 9.10. The van der Waals surface area contributed by atoms with Crippen molar-refractivity contribution < 1.29 is 24.5 Å². The second-order valence-corrected chi connectivity index (χ2v) is 5.54. The number of nitrogens with one attached hydrogen (secondary N) is 1. The first kappa shape index (κ1) is 17.6. The predicted octanol–water partition coefficient (Wildman–Crippen LogP) is 2.40. The molecule has 3 N–H and O–H groups in total. The minimum absolute atomic E-state index is 0.0643. The van der Waals surface area contributed by atoms with Crippen LogP contribution in [0.2, 0.25) is 0 Å². The van der Waals surface area contributed by atoms with Gasteiger partial charge in [-0.15, -0.1) is 0 Å². The number of ether oxygens (including phenoxy) is 2. The lowest BCUT2D eigenvalue weighted by Gasteiger charge is -2.10. The van der Waals surface area contributed by atoms with Crippen molar-refractivity contribution in [2.24, 2.45) is 5.10 Å². The van der Waals surface area contributed by atoms with E-state index in [1.807, 2.05) is 0 Å². The van der Waals surface area contributed by atoms with E-state index in [4.69, 9.17) is 9.47 Å². The van der Waals surface area contributed by atoms with E-state index >= 15 is 0 Å². The first-order valence-corrected chi connectivity index (χ1v) is 7.59. The van der Waals surface area contributed by atoms with E-state index in [0.717, 1.165) is 4.47 Å². The fraction of sp³-hybridized carbons (Fsp3) is 0.125. The molecule has 0 saturated carbocycles. The molecular formula is C16H15BrN2O5. The molecule has 0 radical (unpaired) electrons. The Morgan fingerprint density at radius 2 is 2.04 bits per heavy atom. The van der Waals surface area contributed by atoms with Crippen molar-refractivity contribution in [3.63, 3.8) is 0 Å². The largest absolute Gasteiger partial charge is 0.508 e. The van der Waals surface area contributed by atoms with Crippen molar-refractivity contribution >= 4 is 28.1 Å². The quantitative estimate of drug-likeness (QED) is 0.515.